The maximum Gasteiger partial charge on any atom is 0.338 e. The van der Waals surface area contributed by atoms with Gasteiger partial charge in [0.25, 0.3) is 0 Å². The summed E-state index contributed by atoms with van der Waals surface area (Å²) in [5.41, 5.74) is 1.59. The van der Waals surface area contributed by atoms with Crippen molar-refractivity contribution in [1.29, 1.82) is 0 Å². The molecule has 132 valence electrons. The largest absolute Gasteiger partial charge is 0.496 e. The molecule has 0 amide bonds. The van der Waals surface area contributed by atoms with Crippen LogP contribution >= 0.6 is 15.9 Å². The maximum absolute atomic E-state index is 12.5. The third-order valence-corrected chi connectivity index (χ3v) is 4.27. The number of carbonyl (C=O) groups excluding carboxylic acids is 1. The first-order valence-corrected chi connectivity index (χ1v) is 8.08. The number of hydrogen-bond acceptors (Lipinski definition) is 8. The molecule has 1 aliphatic rings. The number of rotatable bonds is 5. The summed E-state index contributed by atoms with van der Waals surface area (Å²) in [5, 5.41) is 14.7. The standard InChI is InChI=1S/C15H16BrN5O4/c1-23-7-10-12(14(22)25-3)13(21-15(17-10)18-19-20-21)9-6-8(16)4-5-11(9)24-2/h4-6,13H,7H2,1-3H3,(H,17,18,20). The predicted molar refractivity (Wildman–Crippen MR) is 91.2 cm³/mol. The fourth-order valence-corrected chi connectivity index (χ4v) is 3.13. The molecule has 1 unspecified atom stereocenters. The Morgan fingerprint density at radius 2 is 2.16 bits per heavy atom. The minimum Gasteiger partial charge on any atom is -0.496 e. The van der Waals surface area contributed by atoms with Gasteiger partial charge in [-0.15, -0.1) is 0 Å². The Labute approximate surface area is 152 Å². The van der Waals surface area contributed by atoms with Crippen LogP contribution in [0.5, 0.6) is 5.75 Å². The lowest BCUT2D eigenvalue weighted by atomic mass is 9.94. The predicted octanol–water partition coefficient (Wildman–Crippen LogP) is 1.53. The Morgan fingerprint density at radius 3 is 2.84 bits per heavy atom. The highest BCUT2D eigenvalue weighted by atomic mass is 79.9. The molecule has 3 rings (SSSR count). The highest BCUT2D eigenvalue weighted by molar-refractivity contribution is 9.10. The number of nitrogens with zero attached hydrogens (tertiary/aromatic N) is 4. The first-order valence-electron chi connectivity index (χ1n) is 7.29. The number of anilines is 1. The van der Waals surface area contributed by atoms with Crippen molar-refractivity contribution < 1.29 is 19.0 Å². The van der Waals surface area contributed by atoms with Crippen LogP contribution in [0.15, 0.2) is 33.9 Å². The summed E-state index contributed by atoms with van der Waals surface area (Å²) in [7, 11) is 4.42. The Kier molecular flexibility index (Phi) is 5.00. The monoisotopic (exact) mass is 409 g/mol. The highest BCUT2D eigenvalue weighted by Crippen LogP contribution is 2.40. The molecule has 25 heavy (non-hydrogen) atoms. The third-order valence-electron chi connectivity index (χ3n) is 3.78. The molecule has 9 nitrogen and oxygen atoms in total. The van der Waals surface area contributed by atoms with Gasteiger partial charge in [0.1, 0.15) is 11.8 Å². The molecule has 0 fully saturated rings. The number of carbonyl (C=O) groups is 1. The molecule has 2 aromatic rings. The number of fused-ring (bicyclic) bond motifs is 1. The van der Waals surface area contributed by atoms with E-state index in [1.807, 2.05) is 12.1 Å². The van der Waals surface area contributed by atoms with Crippen molar-refractivity contribution >= 4 is 27.8 Å². The zero-order chi connectivity index (χ0) is 18.0. The van der Waals surface area contributed by atoms with Crippen molar-refractivity contribution in [2.75, 3.05) is 33.3 Å². The van der Waals surface area contributed by atoms with Crippen LogP contribution in [0.4, 0.5) is 5.95 Å². The smallest absolute Gasteiger partial charge is 0.338 e. The van der Waals surface area contributed by atoms with Crippen LogP contribution < -0.4 is 10.1 Å². The van der Waals surface area contributed by atoms with E-state index < -0.39 is 12.0 Å². The Balaban J connectivity index is 2.26. The summed E-state index contributed by atoms with van der Waals surface area (Å²) in [5.74, 6) is 0.481. The van der Waals surface area contributed by atoms with E-state index in [1.165, 1.54) is 18.9 Å². The molecule has 1 aromatic heterocycles. The van der Waals surface area contributed by atoms with Crippen LogP contribution in [-0.4, -0.2) is 54.1 Å². The van der Waals surface area contributed by atoms with Crippen LogP contribution in [0.3, 0.4) is 0 Å². The zero-order valence-electron chi connectivity index (χ0n) is 13.8. The SMILES string of the molecule is COCC1=C(C(=O)OC)C(c2cc(Br)ccc2OC)n2nnnc2N1. The highest BCUT2D eigenvalue weighted by Gasteiger charge is 2.37. The molecule has 0 bridgehead atoms. The molecule has 1 aromatic carbocycles. The molecule has 0 aliphatic carbocycles. The average Bonchev–Trinajstić information content (AvgIpc) is 3.08. The molecular weight excluding hydrogens is 394 g/mol. The van der Waals surface area contributed by atoms with E-state index >= 15 is 0 Å². The van der Waals surface area contributed by atoms with Gasteiger partial charge in [-0.25, -0.2) is 4.79 Å². The molecule has 0 spiro atoms. The fraction of sp³-hybridized carbons (Fsp3) is 0.333. The van der Waals surface area contributed by atoms with E-state index in [4.69, 9.17) is 14.2 Å². The summed E-state index contributed by atoms with van der Waals surface area (Å²) < 4.78 is 18.0. The first-order chi connectivity index (χ1) is 12.1. The van der Waals surface area contributed by atoms with Crippen molar-refractivity contribution in [1.82, 2.24) is 20.2 Å². The number of tetrazole rings is 1. The van der Waals surface area contributed by atoms with E-state index in [-0.39, 0.29) is 6.61 Å². The number of benzene rings is 1. The van der Waals surface area contributed by atoms with Crippen molar-refractivity contribution in [3.8, 4) is 5.75 Å². The number of esters is 1. The van der Waals surface area contributed by atoms with Crippen LogP contribution in [0.25, 0.3) is 0 Å². The number of methoxy groups -OCH3 is 3. The average molecular weight is 410 g/mol. The Morgan fingerprint density at radius 1 is 1.36 bits per heavy atom. The minimum atomic E-state index is -0.628. The van der Waals surface area contributed by atoms with Gasteiger partial charge in [0.05, 0.1) is 32.1 Å². The summed E-state index contributed by atoms with van der Waals surface area (Å²) >= 11 is 3.45. The number of ether oxygens (including phenoxy) is 3. The van der Waals surface area contributed by atoms with Gasteiger partial charge in [0, 0.05) is 17.1 Å². The molecule has 1 N–H and O–H groups in total. The minimum absolute atomic E-state index is 0.171. The maximum atomic E-state index is 12.5. The molecule has 0 saturated carbocycles. The molecule has 0 radical (unpaired) electrons. The Bertz CT molecular complexity index is 835. The summed E-state index contributed by atoms with van der Waals surface area (Å²) in [4.78, 5) is 12.5. The Hall–Kier alpha value is -2.46. The van der Waals surface area contributed by atoms with Crippen molar-refractivity contribution in [2.24, 2.45) is 0 Å². The zero-order valence-corrected chi connectivity index (χ0v) is 15.4. The van der Waals surface area contributed by atoms with E-state index in [0.717, 1.165) is 4.47 Å². The summed E-state index contributed by atoms with van der Waals surface area (Å²) in [6, 6.07) is 4.88. The van der Waals surface area contributed by atoms with Gasteiger partial charge in [-0.1, -0.05) is 21.0 Å². The topological polar surface area (TPSA) is 100 Å². The van der Waals surface area contributed by atoms with Crippen LogP contribution in [0.1, 0.15) is 11.6 Å². The molecular formula is C15H16BrN5O4. The lowest BCUT2D eigenvalue weighted by Crippen LogP contribution is -2.31. The van der Waals surface area contributed by atoms with Gasteiger partial charge >= 0.3 is 5.97 Å². The summed E-state index contributed by atoms with van der Waals surface area (Å²) in [6.45, 7) is 0.171. The number of hydrogen-bond donors (Lipinski definition) is 1. The summed E-state index contributed by atoms with van der Waals surface area (Å²) in [6.07, 6.45) is 0. The molecule has 1 atom stereocenters. The number of aromatic nitrogens is 4. The second-order valence-corrected chi connectivity index (χ2v) is 6.09. The van der Waals surface area contributed by atoms with Crippen LogP contribution in [-0.2, 0) is 14.3 Å². The van der Waals surface area contributed by atoms with E-state index in [1.54, 1.807) is 13.2 Å². The lowest BCUT2D eigenvalue weighted by Gasteiger charge is -2.29. The van der Waals surface area contributed by atoms with Crippen LogP contribution in [0, 0.1) is 0 Å². The second-order valence-electron chi connectivity index (χ2n) is 5.18. The third kappa shape index (κ3) is 3.10. The van der Waals surface area contributed by atoms with Crippen LogP contribution in [0.2, 0.25) is 0 Å². The fourth-order valence-electron chi connectivity index (χ4n) is 2.75. The van der Waals surface area contributed by atoms with Crippen molar-refractivity contribution in [3.05, 3.63) is 39.5 Å². The molecule has 2 heterocycles. The van der Waals surface area contributed by atoms with Gasteiger partial charge in [-0.05, 0) is 28.6 Å². The first kappa shape index (κ1) is 17.4. The van der Waals surface area contributed by atoms with Crippen molar-refractivity contribution in [3.63, 3.8) is 0 Å². The molecule has 10 heteroatoms. The lowest BCUT2D eigenvalue weighted by molar-refractivity contribution is -0.136. The van der Waals surface area contributed by atoms with E-state index in [0.29, 0.717) is 28.5 Å². The molecule has 0 saturated heterocycles. The normalized spacial score (nSPS) is 16.2. The van der Waals surface area contributed by atoms with Crippen molar-refractivity contribution in [2.45, 2.75) is 6.04 Å². The van der Waals surface area contributed by atoms with E-state index in [2.05, 4.69) is 36.8 Å². The number of halogens is 1. The van der Waals surface area contributed by atoms with Gasteiger partial charge in [-0.3, -0.25) is 0 Å². The van der Waals surface area contributed by atoms with Gasteiger partial charge in [0.2, 0.25) is 5.95 Å². The van der Waals surface area contributed by atoms with E-state index in [9.17, 15) is 4.79 Å². The quantitative estimate of drug-likeness (QED) is 0.741. The second kappa shape index (κ2) is 7.19. The van der Waals surface area contributed by atoms with Gasteiger partial charge < -0.3 is 19.5 Å². The van der Waals surface area contributed by atoms with Gasteiger partial charge in [-0.2, -0.15) is 4.68 Å². The van der Waals surface area contributed by atoms with Gasteiger partial charge in [0.15, 0.2) is 0 Å². The number of nitrogens with one attached hydrogen (secondary N) is 1. The molecule has 1 aliphatic heterocycles.